The van der Waals surface area contributed by atoms with Crippen molar-refractivity contribution in [2.75, 3.05) is 0 Å². The first-order valence-electron chi connectivity index (χ1n) is 7.55. The Labute approximate surface area is 160 Å². The van der Waals surface area contributed by atoms with Crippen LogP contribution in [0.1, 0.15) is 15.9 Å². The third-order valence-corrected chi connectivity index (χ3v) is 4.04. The highest BCUT2D eigenvalue weighted by molar-refractivity contribution is 9.10. The Bertz CT molecular complexity index is 1120. The average Bonchev–Trinajstić information content (AvgIpc) is 2.66. The highest BCUT2D eigenvalue weighted by atomic mass is 79.9. The molecule has 0 atom stereocenters. The Kier molecular flexibility index (Phi) is 5.27. The minimum absolute atomic E-state index is 0.285. The van der Waals surface area contributed by atoms with Crippen LogP contribution in [-0.4, -0.2) is 31.8 Å². The normalized spacial score (nSPS) is 10.9. The van der Waals surface area contributed by atoms with Gasteiger partial charge in [-0.3, -0.25) is 19.6 Å². The number of carbonyl (C=O) groups excluding carboxylic acids is 1. The number of amides is 1. The van der Waals surface area contributed by atoms with Crippen LogP contribution in [0.5, 0.6) is 5.88 Å². The van der Waals surface area contributed by atoms with Crippen molar-refractivity contribution in [3.05, 3.63) is 85.2 Å². The van der Waals surface area contributed by atoms with Crippen LogP contribution in [0.25, 0.3) is 5.69 Å². The van der Waals surface area contributed by atoms with Crippen molar-refractivity contribution in [1.29, 1.82) is 0 Å². The van der Waals surface area contributed by atoms with Gasteiger partial charge in [-0.05, 0) is 36.4 Å². The maximum atomic E-state index is 12.1. The van der Waals surface area contributed by atoms with E-state index >= 15 is 0 Å². The summed E-state index contributed by atoms with van der Waals surface area (Å²) in [5.41, 5.74) is 0.956. The molecule has 9 nitrogen and oxygen atoms in total. The summed E-state index contributed by atoms with van der Waals surface area (Å²) in [7, 11) is 0. The fraction of sp³-hybridized carbons (Fsp3) is 0. The molecule has 3 rings (SSSR count). The predicted molar refractivity (Wildman–Crippen MR) is 101 cm³/mol. The number of rotatable bonds is 4. The van der Waals surface area contributed by atoms with E-state index in [0.29, 0.717) is 11.3 Å². The molecule has 1 aromatic carbocycles. The van der Waals surface area contributed by atoms with E-state index in [1.807, 2.05) is 0 Å². The number of hydrazone groups is 1. The molecule has 2 aromatic heterocycles. The molecule has 0 aliphatic heterocycles. The molecule has 10 heteroatoms. The van der Waals surface area contributed by atoms with E-state index in [1.165, 1.54) is 24.5 Å². The molecule has 1 amide bonds. The first-order valence-corrected chi connectivity index (χ1v) is 8.34. The number of pyridine rings is 1. The summed E-state index contributed by atoms with van der Waals surface area (Å²) in [5, 5.41) is 14.0. The van der Waals surface area contributed by atoms with Crippen molar-refractivity contribution in [3.63, 3.8) is 0 Å². The largest absolute Gasteiger partial charge is 0.493 e. The summed E-state index contributed by atoms with van der Waals surface area (Å²) in [6.45, 7) is 0. The second-order valence-corrected chi connectivity index (χ2v) is 6.16. The van der Waals surface area contributed by atoms with E-state index in [1.54, 1.807) is 24.3 Å². The van der Waals surface area contributed by atoms with E-state index in [9.17, 15) is 19.5 Å². The molecular weight excluding hydrogens is 418 g/mol. The lowest BCUT2D eigenvalue weighted by Crippen LogP contribution is -2.31. The van der Waals surface area contributed by atoms with Gasteiger partial charge in [0.25, 0.3) is 11.5 Å². The zero-order valence-electron chi connectivity index (χ0n) is 13.6. The molecular formula is C17H12BrN5O4. The van der Waals surface area contributed by atoms with E-state index in [-0.39, 0.29) is 5.56 Å². The van der Waals surface area contributed by atoms with Gasteiger partial charge in [-0.1, -0.05) is 15.9 Å². The molecule has 2 heterocycles. The number of nitrogens with one attached hydrogen (secondary N) is 2. The fourth-order valence-corrected chi connectivity index (χ4v) is 2.47. The molecule has 3 N–H and O–H groups in total. The van der Waals surface area contributed by atoms with Crippen molar-refractivity contribution in [3.8, 4) is 11.6 Å². The number of halogens is 1. The van der Waals surface area contributed by atoms with Gasteiger partial charge in [0.05, 0.1) is 11.9 Å². The molecule has 0 saturated heterocycles. The van der Waals surface area contributed by atoms with Crippen LogP contribution < -0.4 is 16.7 Å². The summed E-state index contributed by atoms with van der Waals surface area (Å²) < 4.78 is 1.70. The summed E-state index contributed by atoms with van der Waals surface area (Å²) in [6.07, 6.45) is 3.86. The van der Waals surface area contributed by atoms with Gasteiger partial charge in [0.1, 0.15) is 5.56 Å². The SMILES string of the molecule is O=C(NN=Cc1c(O)n(-c2ccc(Br)cc2)c(=O)[nH]c1=O)c1ccncc1. The number of aromatic nitrogens is 3. The number of aromatic hydroxyl groups is 1. The summed E-state index contributed by atoms with van der Waals surface area (Å²) in [5.74, 6) is -1.13. The van der Waals surface area contributed by atoms with Crippen LogP contribution in [0.3, 0.4) is 0 Å². The predicted octanol–water partition coefficient (Wildman–Crippen LogP) is 1.15. The lowest BCUT2D eigenvalue weighted by molar-refractivity contribution is 0.0955. The van der Waals surface area contributed by atoms with E-state index in [0.717, 1.165) is 15.3 Å². The van der Waals surface area contributed by atoms with Gasteiger partial charge >= 0.3 is 5.69 Å². The number of benzene rings is 1. The average molecular weight is 430 g/mol. The number of aromatic amines is 1. The van der Waals surface area contributed by atoms with Gasteiger partial charge in [0.15, 0.2) is 0 Å². The van der Waals surface area contributed by atoms with Crippen molar-refractivity contribution >= 4 is 28.1 Å². The molecule has 0 radical (unpaired) electrons. The minimum atomic E-state index is -0.840. The maximum Gasteiger partial charge on any atom is 0.335 e. The lowest BCUT2D eigenvalue weighted by Gasteiger charge is -2.09. The highest BCUT2D eigenvalue weighted by Gasteiger charge is 2.14. The molecule has 0 saturated carbocycles. The van der Waals surface area contributed by atoms with Crippen molar-refractivity contribution in [2.45, 2.75) is 0 Å². The van der Waals surface area contributed by atoms with E-state index in [2.05, 4.69) is 36.4 Å². The Morgan fingerprint density at radius 2 is 1.85 bits per heavy atom. The van der Waals surface area contributed by atoms with Crippen molar-refractivity contribution < 1.29 is 9.90 Å². The summed E-state index contributed by atoms with van der Waals surface area (Å²) in [6, 6.07) is 9.49. The smallest absolute Gasteiger partial charge is 0.335 e. The first kappa shape index (κ1) is 18.3. The first-order chi connectivity index (χ1) is 13.0. The van der Waals surface area contributed by atoms with Crippen LogP contribution in [0.15, 0.2) is 68.0 Å². The minimum Gasteiger partial charge on any atom is -0.493 e. The monoisotopic (exact) mass is 429 g/mol. The number of carbonyl (C=O) groups is 1. The molecule has 0 unspecified atom stereocenters. The van der Waals surface area contributed by atoms with Gasteiger partial charge in [0.2, 0.25) is 5.88 Å². The van der Waals surface area contributed by atoms with Crippen LogP contribution in [0, 0.1) is 0 Å². The number of hydrogen-bond donors (Lipinski definition) is 3. The fourth-order valence-electron chi connectivity index (χ4n) is 2.21. The molecule has 0 aliphatic rings. The van der Waals surface area contributed by atoms with Gasteiger partial charge in [-0.25, -0.2) is 14.8 Å². The Morgan fingerprint density at radius 3 is 2.52 bits per heavy atom. The standard InChI is InChI=1S/C17H12BrN5O4/c18-11-1-3-12(4-2-11)23-16(26)13(15(25)21-17(23)27)9-20-22-14(24)10-5-7-19-8-6-10/h1-9,26H,(H,22,24)(H,21,25,27). The quantitative estimate of drug-likeness (QED) is 0.423. The molecule has 3 aromatic rings. The van der Waals surface area contributed by atoms with Crippen LogP contribution >= 0.6 is 15.9 Å². The van der Waals surface area contributed by atoms with Gasteiger partial charge < -0.3 is 5.11 Å². The van der Waals surface area contributed by atoms with Crippen molar-refractivity contribution in [2.24, 2.45) is 5.10 Å². The summed E-state index contributed by atoms with van der Waals surface area (Å²) >= 11 is 3.28. The molecule has 27 heavy (non-hydrogen) atoms. The maximum absolute atomic E-state index is 12.1. The van der Waals surface area contributed by atoms with Crippen LogP contribution in [0.2, 0.25) is 0 Å². The second-order valence-electron chi connectivity index (χ2n) is 5.24. The zero-order chi connectivity index (χ0) is 19.4. The molecule has 0 aliphatic carbocycles. The van der Waals surface area contributed by atoms with Gasteiger partial charge in [-0.2, -0.15) is 5.10 Å². The summed E-state index contributed by atoms with van der Waals surface area (Å²) in [4.78, 5) is 41.9. The zero-order valence-corrected chi connectivity index (χ0v) is 15.2. The third kappa shape index (κ3) is 4.01. The Balaban J connectivity index is 1.93. The van der Waals surface area contributed by atoms with E-state index in [4.69, 9.17) is 0 Å². The van der Waals surface area contributed by atoms with Gasteiger partial charge in [0, 0.05) is 22.4 Å². The van der Waals surface area contributed by atoms with E-state index < -0.39 is 23.0 Å². The number of H-pyrrole nitrogens is 1. The number of nitrogens with zero attached hydrogens (tertiary/aromatic N) is 3. The molecule has 136 valence electrons. The Hall–Kier alpha value is -3.53. The molecule has 0 fully saturated rings. The topological polar surface area (TPSA) is 129 Å². The third-order valence-electron chi connectivity index (χ3n) is 3.51. The van der Waals surface area contributed by atoms with Crippen LogP contribution in [0.4, 0.5) is 0 Å². The van der Waals surface area contributed by atoms with Crippen LogP contribution in [-0.2, 0) is 0 Å². The highest BCUT2D eigenvalue weighted by Crippen LogP contribution is 2.17. The molecule has 0 bridgehead atoms. The van der Waals surface area contributed by atoms with Gasteiger partial charge in [-0.15, -0.1) is 0 Å². The Morgan fingerprint density at radius 1 is 1.19 bits per heavy atom. The molecule has 0 spiro atoms. The number of hydrogen-bond acceptors (Lipinski definition) is 6. The second kappa shape index (κ2) is 7.79. The lowest BCUT2D eigenvalue weighted by atomic mass is 10.2. The van der Waals surface area contributed by atoms with Crippen molar-refractivity contribution in [1.82, 2.24) is 20.0 Å².